The minimum absolute atomic E-state index is 0.00367. The molecule has 1 amide bonds. The number of ether oxygens (including phenoxy) is 2. The topological polar surface area (TPSA) is 114 Å². The maximum Gasteiger partial charge on any atom is 0.219 e. The van der Waals surface area contributed by atoms with Crippen LogP contribution in [0.3, 0.4) is 0 Å². The third-order valence-electron chi connectivity index (χ3n) is 4.61. The van der Waals surface area contributed by atoms with E-state index >= 15 is 0 Å². The lowest BCUT2D eigenvalue weighted by Gasteiger charge is -2.35. The van der Waals surface area contributed by atoms with Gasteiger partial charge in [-0.1, -0.05) is 13.8 Å². The molecule has 0 radical (unpaired) electrons. The van der Waals surface area contributed by atoms with Gasteiger partial charge in [-0.15, -0.1) is 0 Å². The van der Waals surface area contributed by atoms with E-state index in [1.54, 1.807) is 0 Å². The summed E-state index contributed by atoms with van der Waals surface area (Å²) >= 11 is 0. The maximum atomic E-state index is 11.5. The highest BCUT2D eigenvalue weighted by atomic mass is 16.7. The molecule has 1 heterocycles. The van der Waals surface area contributed by atoms with Gasteiger partial charge in [-0.2, -0.15) is 0 Å². The summed E-state index contributed by atoms with van der Waals surface area (Å²) in [5, 5.41) is 22.3. The lowest BCUT2D eigenvalue weighted by molar-refractivity contribution is -0.200. The summed E-state index contributed by atoms with van der Waals surface area (Å²) in [7, 11) is 0. The molecule has 0 bridgehead atoms. The molecular formula is C15H28N2O5. The fourth-order valence-corrected chi connectivity index (χ4v) is 3.22. The smallest absolute Gasteiger partial charge is 0.219 e. The van der Waals surface area contributed by atoms with Crippen molar-refractivity contribution in [3.63, 3.8) is 0 Å². The third kappa shape index (κ3) is 4.17. The van der Waals surface area contributed by atoms with Crippen molar-refractivity contribution in [2.45, 2.75) is 76.2 Å². The summed E-state index contributed by atoms with van der Waals surface area (Å²) < 4.78 is 11.4. The number of carbonyl (C=O) groups excluding carboxylic acids is 1. The van der Waals surface area contributed by atoms with Crippen LogP contribution in [-0.2, 0) is 14.3 Å². The molecule has 0 aromatic heterocycles. The number of amides is 1. The first-order valence-corrected chi connectivity index (χ1v) is 8.09. The lowest BCUT2D eigenvalue weighted by atomic mass is 9.89. The van der Waals surface area contributed by atoms with Crippen molar-refractivity contribution in [2.75, 3.05) is 6.61 Å². The normalized spacial score (nSPS) is 42.3. The Balaban J connectivity index is 1.90. The second-order valence-corrected chi connectivity index (χ2v) is 6.42. The fourth-order valence-electron chi connectivity index (χ4n) is 3.22. The number of aliphatic hydroxyl groups excluding tert-OH is 2. The Kier molecular flexibility index (Phi) is 6.17. The van der Waals surface area contributed by atoms with Gasteiger partial charge in [0.1, 0.15) is 6.10 Å². The largest absolute Gasteiger partial charge is 0.394 e. The molecule has 2 rings (SSSR count). The fraction of sp³-hybridized carbons (Fsp3) is 0.933. The van der Waals surface area contributed by atoms with E-state index in [-0.39, 0.29) is 36.6 Å². The quantitative estimate of drug-likeness (QED) is 0.543. The molecule has 1 aliphatic heterocycles. The van der Waals surface area contributed by atoms with Crippen LogP contribution in [0.25, 0.3) is 0 Å². The van der Waals surface area contributed by atoms with Crippen molar-refractivity contribution in [1.29, 1.82) is 0 Å². The van der Waals surface area contributed by atoms with Gasteiger partial charge in [-0.25, -0.2) is 0 Å². The van der Waals surface area contributed by atoms with Gasteiger partial charge in [-0.3, -0.25) is 4.79 Å². The molecule has 0 spiro atoms. The molecule has 2 aliphatic rings. The maximum absolute atomic E-state index is 11.5. The summed E-state index contributed by atoms with van der Waals surface area (Å²) in [6, 6.07) is -0.0590. The van der Waals surface area contributed by atoms with E-state index in [0.717, 1.165) is 6.42 Å². The molecule has 2 fully saturated rings. The van der Waals surface area contributed by atoms with Gasteiger partial charge in [0, 0.05) is 24.4 Å². The van der Waals surface area contributed by atoms with Crippen LogP contribution in [0.15, 0.2) is 0 Å². The zero-order chi connectivity index (χ0) is 16.3. The van der Waals surface area contributed by atoms with Crippen molar-refractivity contribution in [2.24, 2.45) is 11.7 Å². The number of hydrogen-bond donors (Lipinski definition) is 4. The summed E-state index contributed by atoms with van der Waals surface area (Å²) in [4.78, 5) is 11.5. The van der Waals surface area contributed by atoms with Crippen LogP contribution in [0, 0.1) is 5.92 Å². The first-order chi connectivity index (χ1) is 10.4. The van der Waals surface area contributed by atoms with E-state index in [1.807, 2.05) is 13.8 Å². The number of aliphatic hydroxyl groups is 2. The summed E-state index contributed by atoms with van der Waals surface area (Å²) in [5.41, 5.74) is 6.05. The molecule has 7 heteroatoms. The third-order valence-corrected chi connectivity index (χ3v) is 4.61. The van der Waals surface area contributed by atoms with Crippen molar-refractivity contribution >= 4 is 5.91 Å². The zero-order valence-electron chi connectivity index (χ0n) is 13.3. The van der Waals surface area contributed by atoms with Gasteiger partial charge in [0.25, 0.3) is 0 Å². The predicted molar refractivity (Wildman–Crippen MR) is 79.8 cm³/mol. The van der Waals surface area contributed by atoms with Crippen LogP contribution in [0.5, 0.6) is 0 Å². The monoisotopic (exact) mass is 316 g/mol. The van der Waals surface area contributed by atoms with Crippen molar-refractivity contribution in [3.05, 3.63) is 0 Å². The summed E-state index contributed by atoms with van der Waals surface area (Å²) in [6.07, 6.45) is 0.409. The molecule has 0 aromatic rings. The average Bonchev–Trinajstić information content (AvgIpc) is 2.74. The first-order valence-electron chi connectivity index (χ1n) is 8.09. The standard InChI is InChI=1S/C15H28N2O5/c1-3-13(19)17-10-4-9(16)5-11(6-10)21-15-14(20)8(2)12(7-18)22-15/h8-12,14-15,18,20H,3-7,16H2,1-2H3,(H,17,19)/t8-,9+,10-,11?,12-,14-,15?/m1/s1. The van der Waals surface area contributed by atoms with E-state index in [4.69, 9.17) is 15.2 Å². The van der Waals surface area contributed by atoms with Crippen LogP contribution in [0.2, 0.25) is 0 Å². The minimum Gasteiger partial charge on any atom is -0.394 e. The second kappa shape index (κ2) is 7.70. The van der Waals surface area contributed by atoms with Gasteiger partial charge < -0.3 is 30.7 Å². The lowest BCUT2D eigenvalue weighted by Crippen LogP contribution is -2.48. The molecular weight excluding hydrogens is 288 g/mol. The highest BCUT2D eigenvalue weighted by Crippen LogP contribution is 2.31. The van der Waals surface area contributed by atoms with Crippen LogP contribution < -0.4 is 11.1 Å². The van der Waals surface area contributed by atoms with Gasteiger partial charge in [0.05, 0.1) is 18.8 Å². The SMILES string of the molecule is CCC(=O)N[C@H]1CC(OC2O[C@H](CO)[C@@H](C)[C@H]2O)C[C@@H](N)C1. The number of carbonyl (C=O) groups is 1. The van der Waals surface area contributed by atoms with Gasteiger partial charge in [0.2, 0.25) is 5.91 Å². The average molecular weight is 316 g/mol. The molecule has 1 saturated carbocycles. The minimum atomic E-state index is -0.765. The molecule has 22 heavy (non-hydrogen) atoms. The van der Waals surface area contributed by atoms with Gasteiger partial charge in [-0.05, 0) is 19.3 Å². The van der Waals surface area contributed by atoms with Crippen LogP contribution in [0.1, 0.15) is 39.5 Å². The molecule has 2 unspecified atom stereocenters. The number of rotatable bonds is 5. The number of nitrogens with two attached hydrogens (primary N) is 1. The highest BCUT2D eigenvalue weighted by molar-refractivity contribution is 5.75. The van der Waals surface area contributed by atoms with Crippen LogP contribution >= 0.6 is 0 Å². The van der Waals surface area contributed by atoms with Crippen molar-refractivity contribution < 1.29 is 24.5 Å². The highest BCUT2D eigenvalue weighted by Gasteiger charge is 2.43. The van der Waals surface area contributed by atoms with Crippen molar-refractivity contribution in [1.82, 2.24) is 5.32 Å². The summed E-state index contributed by atoms with van der Waals surface area (Å²) in [5.74, 6) is -0.174. The van der Waals surface area contributed by atoms with E-state index < -0.39 is 18.5 Å². The first kappa shape index (κ1) is 17.6. The molecule has 1 aliphatic carbocycles. The second-order valence-electron chi connectivity index (χ2n) is 6.42. The predicted octanol–water partition coefficient (Wildman–Crippen LogP) is -0.508. The Labute approximate surface area is 131 Å². The Morgan fingerprint density at radius 3 is 2.73 bits per heavy atom. The molecule has 0 aromatic carbocycles. The molecule has 128 valence electrons. The number of hydrogen-bond acceptors (Lipinski definition) is 6. The van der Waals surface area contributed by atoms with E-state index in [2.05, 4.69) is 5.32 Å². The van der Waals surface area contributed by atoms with E-state index in [9.17, 15) is 15.0 Å². The molecule has 7 nitrogen and oxygen atoms in total. The molecule has 7 atom stereocenters. The van der Waals surface area contributed by atoms with E-state index in [1.165, 1.54) is 0 Å². The molecule has 1 saturated heterocycles. The van der Waals surface area contributed by atoms with Crippen LogP contribution in [-0.4, -0.2) is 59.4 Å². The van der Waals surface area contributed by atoms with Gasteiger partial charge in [0.15, 0.2) is 6.29 Å². The Hall–Kier alpha value is -0.730. The Bertz CT molecular complexity index is 381. The zero-order valence-corrected chi connectivity index (χ0v) is 13.3. The Morgan fingerprint density at radius 1 is 1.41 bits per heavy atom. The van der Waals surface area contributed by atoms with E-state index in [0.29, 0.717) is 19.3 Å². The van der Waals surface area contributed by atoms with Gasteiger partial charge >= 0.3 is 0 Å². The molecule has 5 N–H and O–H groups in total. The van der Waals surface area contributed by atoms with Crippen molar-refractivity contribution in [3.8, 4) is 0 Å². The summed E-state index contributed by atoms with van der Waals surface area (Å²) in [6.45, 7) is 3.49. The van der Waals surface area contributed by atoms with Crippen LogP contribution in [0.4, 0.5) is 0 Å². The number of nitrogens with one attached hydrogen (secondary N) is 1. The Morgan fingerprint density at radius 2 is 2.14 bits per heavy atom.